The van der Waals surface area contributed by atoms with Gasteiger partial charge in [0.1, 0.15) is 0 Å². The maximum absolute atomic E-state index is 12.2. The number of nitrogens with one attached hydrogen (secondary N) is 2. The van der Waals surface area contributed by atoms with Crippen LogP contribution in [-0.2, 0) is 4.79 Å². The number of carbonyl (C=O) groups excluding carboxylic acids is 2. The van der Waals surface area contributed by atoms with Crippen LogP contribution < -0.4 is 10.6 Å². The van der Waals surface area contributed by atoms with E-state index in [9.17, 15) is 9.59 Å². The second-order valence-corrected chi connectivity index (χ2v) is 7.61. The van der Waals surface area contributed by atoms with Gasteiger partial charge in [-0.25, -0.2) is 0 Å². The molecule has 2 N–H and O–H groups in total. The highest BCUT2D eigenvalue weighted by molar-refractivity contribution is 9.10. The first-order valence-electron chi connectivity index (χ1n) is 8.01. The lowest BCUT2D eigenvalue weighted by Gasteiger charge is -2.12. The van der Waals surface area contributed by atoms with Crippen LogP contribution in [0.15, 0.2) is 51.8 Å². The molecule has 0 atom stereocenters. The van der Waals surface area contributed by atoms with Crippen molar-refractivity contribution < 1.29 is 9.59 Å². The van der Waals surface area contributed by atoms with Crippen molar-refractivity contribution in [3.8, 4) is 0 Å². The Hall–Kier alpha value is -1.79. The zero-order valence-corrected chi connectivity index (χ0v) is 16.7. The summed E-state index contributed by atoms with van der Waals surface area (Å²) in [5.74, 6) is 0.594. The highest BCUT2D eigenvalue weighted by Crippen LogP contribution is 2.22. The normalized spacial score (nSPS) is 10.4. The molecule has 0 unspecified atom stereocenters. The van der Waals surface area contributed by atoms with Crippen molar-refractivity contribution in [2.24, 2.45) is 0 Å². The number of rotatable bonds is 7. The van der Waals surface area contributed by atoms with E-state index in [1.54, 1.807) is 24.9 Å². The van der Waals surface area contributed by atoms with Crippen LogP contribution in [0, 0.1) is 6.92 Å². The van der Waals surface area contributed by atoms with Crippen molar-refractivity contribution in [1.29, 1.82) is 0 Å². The van der Waals surface area contributed by atoms with Crippen LogP contribution in [0.2, 0.25) is 0 Å². The van der Waals surface area contributed by atoms with Gasteiger partial charge in [0.05, 0.1) is 11.3 Å². The molecule has 0 heterocycles. The van der Waals surface area contributed by atoms with Crippen molar-refractivity contribution in [2.75, 3.05) is 18.1 Å². The van der Waals surface area contributed by atoms with Gasteiger partial charge in [0, 0.05) is 22.8 Å². The summed E-state index contributed by atoms with van der Waals surface area (Å²) in [4.78, 5) is 25.4. The van der Waals surface area contributed by atoms with Gasteiger partial charge < -0.3 is 10.6 Å². The van der Waals surface area contributed by atoms with Crippen molar-refractivity contribution in [3.05, 3.63) is 58.1 Å². The summed E-state index contributed by atoms with van der Waals surface area (Å²) in [5, 5.41) is 5.47. The van der Waals surface area contributed by atoms with E-state index in [0.29, 0.717) is 17.7 Å². The topological polar surface area (TPSA) is 58.2 Å². The number of thioether (sulfide) groups is 1. The fourth-order valence-corrected chi connectivity index (χ4v) is 3.48. The Balaban J connectivity index is 1.85. The predicted octanol–water partition coefficient (Wildman–Crippen LogP) is 4.63. The minimum absolute atomic E-state index is 0.0767. The van der Waals surface area contributed by atoms with E-state index in [0.717, 1.165) is 22.2 Å². The molecule has 0 saturated carbocycles. The van der Waals surface area contributed by atoms with Gasteiger partial charge in [0.2, 0.25) is 5.91 Å². The molecule has 6 heteroatoms. The fraction of sp³-hybridized carbons (Fsp3) is 0.263. The van der Waals surface area contributed by atoms with Crippen molar-refractivity contribution in [3.63, 3.8) is 0 Å². The number of halogens is 1. The quantitative estimate of drug-likeness (QED) is 0.506. The molecule has 2 aromatic carbocycles. The Morgan fingerprint density at radius 2 is 1.84 bits per heavy atom. The first kappa shape index (κ1) is 19.5. The van der Waals surface area contributed by atoms with E-state index in [1.807, 2.05) is 31.2 Å². The summed E-state index contributed by atoms with van der Waals surface area (Å²) in [6.45, 7) is 1.86. The van der Waals surface area contributed by atoms with Crippen LogP contribution in [0.25, 0.3) is 0 Å². The number of anilines is 1. The molecule has 0 bridgehead atoms. The van der Waals surface area contributed by atoms with Gasteiger partial charge >= 0.3 is 0 Å². The summed E-state index contributed by atoms with van der Waals surface area (Å²) in [7, 11) is 1.58. The van der Waals surface area contributed by atoms with Crippen molar-refractivity contribution in [2.45, 2.75) is 24.7 Å². The lowest BCUT2D eigenvalue weighted by Crippen LogP contribution is -2.22. The van der Waals surface area contributed by atoms with Gasteiger partial charge in [-0.2, -0.15) is 0 Å². The van der Waals surface area contributed by atoms with Crippen LogP contribution in [-0.4, -0.2) is 24.6 Å². The number of hydrogen-bond acceptors (Lipinski definition) is 3. The molecule has 0 radical (unpaired) electrons. The van der Waals surface area contributed by atoms with E-state index in [-0.39, 0.29) is 11.8 Å². The van der Waals surface area contributed by atoms with Crippen molar-refractivity contribution in [1.82, 2.24) is 5.32 Å². The Morgan fingerprint density at radius 1 is 1.12 bits per heavy atom. The highest BCUT2D eigenvalue weighted by Gasteiger charge is 2.14. The molecule has 0 aliphatic heterocycles. The number of carbonyl (C=O) groups is 2. The summed E-state index contributed by atoms with van der Waals surface area (Å²) in [6, 6.07) is 13.6. The first-order chi connectivity index (χ1) is 12.0. The monoisotopic (exact) mass is 420 g/mol. The predicted molar refractivity (Wildman–Crippen MR) is 107 cm³/mol. The van der Waals surface area contributed by atoms with Gasteiger partial charge in [-0.15, -0.1) is 11.8 Å². The third-order valence-electron chi connectivity index (χ3n) is 3.63. The fourth-order valence-electron chi connectivity index (χ4n) is 2.36. The van der Waals surface area contributed by atoms with Crippen LogP contribution in [0.5, 0.6) is 0 Å². The molecule has 0 aliphatic rings. The molecule has 0 saturated heterocycles. The molecule has 25 heavy (non-hydrogen) atoms. The summed E-state index contributed by atoms with van der Waals surface area (Å²) < 4.78 is 1.06. The molecule has 2 amide bonds. The highest BCUT2D eigenvalue weighted by atomic mass is 79.9. The SMILES string of the molecule is CNC(=O)c1c(C)cccc1NC(=O)CCCSc1ccc(Br)cc1. The largest absolute Gasteiger partial charge is 0.355 e. The van der Waals surface area contributed by atoms with E-state index in [1.165, 1.54) is 4.90 Å². The van der Waals surface area contributed by atoms with Crippen LogP contribution >= 0.6 is 27.7 Å². The van der Waals surface area contributed by atoms with Crippen molar-refractivity contribution >= 4 is 45.2 Å². The van der Waals surface area contributed by atoms with Crippen LogP contribution in [0.3, 0.4) is 0 Å². The lowest BCUT2D eigenvalue weighted by molar-refractivity contribution is -0.116. The minimum Gasteiger partial charge on any atom is -0.355 e. The zero-order valence-electron chi connectivity index (χ0n) is 14.3. The Bertz CT molecular complexity index is 748. The second-order valence-electron chi connectivity index (χ2n) is 5.53. The first-order valence-corrected chi connectivity index (χ1v) is 9.79. The van der Waals surface area contributed by atoms with Gasteiger partial charge in [0.25, 0.3) is 5.91 Å². The molecular formula is C19H21BrN2O2S. The molecule has 2 rings (SSSR count). The molecule has 132 valence electrons. The minimum atomic E-state index is -0.195. The van der Waals surface area contributed by atoms with Gasteiger partial charge in [0.15, 0.2) is 0 Å². The zero-order chi connectivity index (χ0) is 18.2. The summed E-state index contributed by atoms with van der Waals surface area (Å²) >= 11 is 5.14. The third-order valence-corrected chi connectivity index (χ3v) is 5.26. The summed E-state index contributed by atoms with van der Waals surface area (Å²) in [6.07, 6.45) is 1.19. The molecule has 4 nitrogen and oxygen atoms in total. The van der Waals surface area contributed by atoms with E-state index >= 15 is 0 Å². The number of aryl methyl sites for hydroxylation is 1. The van der Waals surface area contributed by atoms with Gasteiger partial charge in [-0.3, -0.25) is 9.59 Å². The molecule has 2 aromatic rings. The van der Waals surface area contributed by atoms with E-state index < -0.39 is 0 Å². The average molecular weight is 421 g/mol. The molecule has 0 aromatic heterocycles. The lowest BCUT2D eigenvalue weighted by atomic mass is 10.1. The average Bonchev–Trinajstić information content (AvgIpc) is 2.60. The Morgan fingerprint density at radius 3 is 2.52 bits per heavy atom. The van der Waals surface area contributed by atoms with Gasteiger partial charge in [-0.1, -0.05) is 28.1 Å². The maximum Gasteiger partial charge on any atom is 0.253 e. The maximum atomic E-state index is 12.2. The number of amides is 2. The Labute approximate surface area is 160 Å². The van der Waals surface area contributed by atoms with Crippen LogP contribution in [0.1, 0.15) is 28.8 Å². The molecule has 0 fully saturated rings. The number of hydrogen-bond donors (Lipinski definition) is 2. The van der Waals surface area contributed by atoms with E-state index in [2.05, 4.69) is 38.7 Å². The smallest absolute Gasteiger partial charge is 0.253 e. The van der Waals surface area contributed by atoms with Gasteiger partial charge in [-0.05, 0) is 55.0 Å². The third kappa shape index (κ3) is 5.90. The standard InChI is InChI=1S/C19H21BrN2O2S/c1-13-5-3-6-16(18(13)19(24)21-2)22-17(23)7-4-12-25-15-10-8-14(20)9-11-15/h3,5-6,8-11H,4,7,12H2,1-2H3,(H,21,24)(H,22,23). The Kier molecular flexibility index (Phi) is 7.52. The molecule has 0 aliphatic carbocycles. The van der Waals surface area contributed by atoms with E-state index in [4.69, 9.17) is 0 Å². The summed E-state index contributed by atoms with van der Waals surface area (Å²) in [5.41, 5.74) is 1.91. The number of benzene rings is 2. The molecule has 0 spiro atoms. The van der Waals surface area contributed by atoms with Crippen LogP contribution in [0.4, 0.5) is 5.69 Å². The molecular weight excluding hydrogens is 400 g/mol. The second kappa shape index (κ2) is 9.63.